The van der Waals surface area contributed by atoms with E-state index >= 15 is 0 Å². The van der Waals surface area contributed by atoms with Crippen LogP contribution in [0.5, 0.6) is 0 Å². The summed E-state index contributed by atoms with van der Waals surface area (Å²) in [6.45, 7) is 0.619. The number of hydrogen-bond donors (Lipinski definition) is 1. The maximum Gasteiger partial charge on any atom is 0.358 e. The van der Waals surface area contributed by atoms with Crippen LogP contribution in [0.2, 0.25) is 0 Å². The fraction of sp³-hybridized carbons (Fsp3) is 0.615. The molecular formula is C13H19N3O3. The van der Waals surface area contributed by atoms with Gasteiger partial charge in [0.25, 0.3) is 0 Å². The van der Waals surface area contributed by atoms with Crippen LogP contribution < -0.4 is 4.90 Å². The molecule has 0 spiro atoms. The number of ether oxygens (including phenoxy) is 1. The summed E-state index contributed by atoms with van der Waals surface area (Å²) in [5.74, 6) is 0.210. The molecule has 0 aromatic carbocycles. The second kappa shape index (κ2) is 6.47. The Balaban J connectivity index is 2.14. The number of nitrogens with zero attached hydrogens (tertiary/aromatic N) is 3. The molecule has 104 valence electrons. The predicted molar refractivity (Wildman–Crippen MR) is 70.1 cm³/mol. The highest BCUT2D eigenvalue weighted by atomic mass is 16.5. The van der Waals surface area contributed by atoms with Crippen LogP contribution in [0.15, 0.2) is 12.1 Å². The SMILES string of the molecule is COC(=O)c1ccc(N(CCO)C2CCCC2)nn1. The maximum absolute atomic E-state index is 11.3. The van der Waals surface area contributed by atoms with Crippen LogP contribution in [-0.4, -0.2) is 47.6 Å². The number of esters is 1. The fourth-order valence-corrected chi connectivity index (χ4v) is 2.50. The number of rotatable bonds is 5. The topological polar surface area (TPSA) is 75.5 Å². The van der Waals surface area contributed by atoms with E-state index in [1.54, 1.807) is 12.1 Å². The van der Waals surface area contributed by atoms with Crippen LogP contribution in [0.3, 0.4) is 0 Å². The lowest BCUT2D eigenvalue weighted by molar-refractivity contribution is 0.0592. The van der Waals surface area contributed by atoms with Gasteiger partial charge in [-0.15, -0.1) is 10.2 Å². The van der Waals surface area contributed by atoms with Gasteiger partial charge in [-0.3, -0.25) is 0 Å². The lowest BCUT2D eigenvalue weighted by Crippen LogP contribution is -2.36. The first-order valence-electron chi connectivity index (χ1n) is 6.56. The number of carbonyl (C=O) groups is 1. The molecule has 0 atom stereocenters. The zero-order valence-corrected chi connectivity index (χ0v) is 11.1. The molecule has 1 saturated carbocycles. The molecule has 2 rings (SSSR count). The van der Waals surface area contributed by atoms with E-state index in [1.807, 2.05) is 0 Å². The number of carbonyl (C=O) groups excluding carboxylic acids is 1. The van der Waals surface area contributed by atoms with Crippen LogP contribution in [0.4, 0.5) is 5.82 Å². The third kappa shape index (κ3) is 3.20. The van der Waals surface area contributed by atoms with Crippen molar-refractivity contribution in [1.29, 1.82) is 0 Å². The fourth-order valence-electron chi connectivity index (χ4n) is 2.50. The van der Waals surface area contributed by atoms with Crippen LogP contribution in [0.25, 0.3) is 0 Å². The number of methoxy groups -OCH3 is 1. The second-order valence-corrected chi connectivity index (χ2v) is 4.62. The molecule has 1 aromatic rings. The molecule has 6 nitrogen and oxygen atoms in total. The molecule has 1 aliphatic rings. The lowest BCUT2D eigenvalue weighted by Gasteiger charge is -2.28. The van der Waals surface area contributed by atoms with Gasteiger partial charge in [-0.05, 0) is 25.0 Å². The van der Waals surface area contributed by atoms with Gasteiger partial charge < -0.3 is 14.7 Å². The van der Waals surface area contributed by atoms with Gasteiger partial charge in [0.15, 0.2) is 11.5 Å². The summed E-state index contributed by atoms with van der Waals surface area (Å²) in [6.07, 6.45) is 4.64. The highest BCUT2D eigenvalue weighted by Gasteiger charge is 2.23. The summed E-state index contributed by atoms with van der Waals surface area (Å²) in [7, 11) is 1.31. The number of aliphatic hydroxyl groups excluding tert-OH is 1. The minimum Gasteiger partial charge on any atom is -0.464 e. The van der Waals surface area contributed by atoms with Crippen LogP contribution in [-0.2, 0) is 4.74 Å². The minimum atomic E-state index is -0.492. The van der Waals surface area contributed by atoms with Crippen molar-refractivity contribution in [2.24, 2.45) is 0 Å². The summed E-state index contributed by atoms with van der Waals surface area (Å²) in [6, 6.07) is 3.77. The molecule has 19 heavy (non-hydrogen) atoms. The van der Waals surface area contributed by atoms with Crippen molar-refractivity contribution in [2.75, 3.05) is 25.2 Å². The molecule has 0 bridgehead atoms. The molecule has 0 saturated heterocycles. The molecule has 0 aliphatic heterocycles. The Labute approximate surface area is 112 Å². The molecule has 1 aliphatic carbocycles. The van der Waals surface area contributed by atoms with E-state index < -0.39 is 5.97 Å². The molecule has 0 amide bonds. The Morgan fingerprint density at radius 3 is 2.68 bits per heavy atom. The summed E-state index contributed by atoms with van der Waals surface area (Å²) in [5, 5.41) is 17.1. The smallest absolute Gasteiger partial charge is 0.358 e. The zero-order valence-electron chi connectivity index (χ0n) is 11.1. The summed E-state index contributed by atoms with van der Waals surface area (Å²) < 4.78 is 4.59. The molecule has 1 N–H and O–H groups in total. The Bertz CT molecular complexity index is 416. The predicted octanol–water partition coefficient (Wildman–Crippen LogP) is 1.00. The number of hydrogen-bond acceptors (Lipinski definition) is 6. The summed E-state index contributed by atoms with van der Waals surface area (Å²) >= 11 is 0. The maximum atomic E-state index is 11.3. The average molecular weight is 265 g/mol. The van der Waals surface area contributed by atoms with E-state index in [4.69, 9.17) is 0 Å². The lowest BCUT2D eigenvalue weighted by atomic mass is 10.2. The van der Waals surface area contributed by atoms with Crippen molar-refractivity contribution < 1.29 is 14.6 Å². The van der Waals surface area contributed by atoms with Crippen LogP contribution in [0.1, 0.15) is 36.2 Å². The Morgan fingerprint density at radius 2 is 2.16 bits per heavy atom. The number of aromatic nitrogens is 2. The van der Waals surface area contributed by atoms with Gasteiger partial charge in [0, 0.05) is 12.6 Å². The number of anilines is 1. The highest BCUT2D eigenvalue weighted by Crippen LogP contribution is 2.26. The van der Waals surface area contributed by atoms with Crippen molar-refractivity contribution in [1.82, 2.24) is 10.2 Å². The molecule has 1 heterocycles. The van der Waals surface area contributed by atoms with Crippen molar-refractivity contribution in [3.05, 3.63) is 17.8 Å². The van der Waals surface area contributed by atoms with E-state index in [-0.39, 0.29) is 12.3 Å². The van der Waals surface area contributed by atoms with Crippen molar-refractivity contribution in [3.63, 3.8) is 0 Å². The Kier molecular flexibility index (Phi) is 4.68. The third-order valence-electron chi connectivity index (χ3n) is 3.45. The average Bonchev–Trinajstić information content (AvgIpc) is 2.98. The van der Waals surface area contributed by atoms with Gasteiger partial charge >= 0.3 is 5.97 Å². The minimum absolute atomic E-state index is 0.0803. The normalized spacial score (nSPS) is 15.5. The van der Waals surface area contributed by atoms with E-state index in [0.29, 0.717) is 18.4 Å². The standard InChI is InChI=1S/C13H19N3O3/c1-19-13(18)11-6-7-12(15-14-11)16(8-9-17)10-4-2-3-5-10/h6-7,10,17H,2-5,8-9H2,1H3. The first-order valence-corrected chi connectivity index (χ1v) is 6.56. The highest BCUT2D eigenvalue weighted by molar-refractivity contribution is 5.86. The van der Waals surface area contributed by atoms with Crippen molar-refractivity contribution in [3.8, 4) is 0 Å². The van der Waals surface area contributed by atoms with Gasteiger partial charge in [-0.25, -0.2) is 4.79 Å². The van der Waals surface area contributed by atoms with E-state index in [2.05, 4.69) is 19.8 Å². The molecule has 6 heteroatoms. The molecule has 0 unspecified atom stereocenters. The molecule has 0 radical (unpaired) electrons. The third-order valence-corrected chi connectivity index (χ3v) is 3.45. The molecular weight excluding hydrogens is 246 g/mol. The van der Waals surface area contributed by atoms with E-state index in [0.717, 1.165) is 12.8 Å². The van der Waals surface area contributed by atoms with Gasteiger partial charge in [0.1, 0.15) is 0 Å². The summed E-state index contributed by atoms with van der Waals surface area (Å²) in [4.78, 5) is 13.4. The zero-order chi connectivity index (χ0) is 13.7. The van der Waals surface area contributed by atoms with Gasteiger partial charge in [-0.1, -0.05) is 12.8 Å². The number of aliphatic hydroxyl groups is 1. The van der Waals surface area contributed by atoms with Crippen LogP contribution in [0, 0.1) is 0 Å². The van der Waals surface area contributed by atoms with Gasteiger partial charge in [0.05, 0.1) is 13.7 Å². The van der Waals surface area contributed by atoms with Crippen LogP contribution >= 0.6 is 0 Å². The Hall–Kier alpha value is -1.69. The van der Waals surface area contributed by atoms with E-state index in [1.165, 1.54) is 20.0 Å². The van der Waals surface area contributed by atoms with Gasteiger partial charge in [-0.2, -0.15) is 0 Å². The quantitative estimate of drug-likeness (QED) is 0.801. The second-order valence-electron chi connectivity index (χ2n) is 4.62. The van der Waals surface area contributed by atoms with Crippen molar-refractivity contribution >= 4 is 11.8 Å². The van der Waals surface area contributed by atoms with Gasteiger partial charge in [0.2, 0.25) is 0 Å². The first-order chi connectivity index (χ1) is 9.26. The largest absolute Gasteiger partial charge is 0.464 e. The Morgan fingerprint density at radius 1 is 1.42 bits per heavy atom. The molecule has 1 fully saturated rings. The summed E-state index contributed by atoms with van der Waals surface area (Å²) in [5.41, 5.74) is 0.196. The monoisotopic (exact) mass is 265 g/mol. The van der Waals surface area contributed by atoms with E-state index in [9.17, 15) is 9.90 Å². The molecule has 1 aromatic heterocycles. The first kappa shape index (κ1) is 13.7. The van der Waals surface area contributed by atoms with Crippen molar-refractivity contribution in [2.45, 2.75) is 31.7 Å².